The van der Waals surface area contributed by atoms with E-state index in [4.69, 9.17) is 0 Å². The first-order valence-corrected chi connectivity index (χ1v) is 4.34. The molecule has 0 fully saturated rings. The Morgan fingerprint density at radius 1 is 1.50 bits per heavy atom. The predicted molar refractivity (Wildman–Crippen MR) is 48.0 cm³/mol. The minimum atomic E-state index is -0.119. The zero-order chi connectivity index (χ0) is 8.55. The van der Waals surface area contributed by atoms with Crippen LogP contribution in [0.15, 0.2) is 18.2 Å². The molecule has 12 heavy (non-hydrogen) atoms. The van der Waals surface area contributed by atoms with E-state index in [2.05, 4.69) is 11.8 Å². The number of hydrogen-bond acceptors (Lipinski definition) is 1. The van der Waals surface area contributed by atoms with Gasteiger partial charge in [0.25, 0.3) is 0 Å². The number of hydrogen-bond donors (Lipinski definition) is 0. The van der Waals surface area contributed by atoms with Gasteiger partial charge in [-0.15, -0.1) is 0 Å². The summed E-state index contributed by atoms with van der Waals surface area (Å²) in [5, 5.41) is 0. The lowest BCUT2D eigenvalue weighted by atomic mass is 10.2. The highest BCUT2D eigenvalue weighted by molar-refractivity contribution is 5.57. The SMILES string of the molecule is CCN1CCc2cc(F)ccc21. The van der Waals surface area contributed by atoms with Gasteiger partial charge in [0.1, 0.15) is 5.82 Å². The Morgan fingerprint density at radius 2 is 2.33 bits per heavy atom. The Bertz CT molecular complexity index is 296. The van der Waals surface area contributed by atoms with Crippen LogP contribution in [0, 0.1) is 5.82 Å². The number of likely N-dealkylation sites (N-methyl/N-ethyl adjacent to an activating group) is 1. The molecule has 0 aromatic heterocycles. The summed E-state index contributed by atoms with van der Waals surface area (Å²) in [5.74, 6) is -0.119. The molecule has 0 radical (unpaired) electrons. The van der Waals surface area contributed by atoms with Crippen molar-refractivity contribution in [2.45, 2.75) is 13.3 Å². The first-order valence-electron chi connectivity index (χ1n) is 4.34. The quantitative estimate of drug-likeness (QED) is 0.616. The van der Waals surface area contributed by atoms with Gasteiger partial charge in [-0.3, -0.25) is 0 Å². The molecule has 0 unspecified atom stereocenters. The maximum absolute atomic E-state index is 12.8. The zero-order valence-corrected chi connectivity index (χ0v) is 7.18. The molecule has 0 amide bonds. The maximum Gasteiger partial charge on any atom is 0.123 e. The summed E-state index contributed by atoms with van der Waals surface area (Å²) in [6.45, 7) is 4.17. The van der Waals surface area contributed by atoms with E-state index < -0.39 is 0 Å². The van der Waals surface area contributed by atoms with Gasteiger partial charge in [0, 0.05) is 18.8 Å². The van der Waals surface area contributed by atoms with Crippen molar-refractivity contribution in [3.8, 4) is 0 Å². The monoisotopic (exact) mass is 165 g/mol. The molecule has 1 aromatic carbocycles. The smallest absolute Gasteiger partial charge is 0.123 e. The van der Waals surface area contributed by atoms with Crippen LogP contribution in [0.3, 0.4) is 0 Å². The number of fused-ring (bicyclic) bond motifs is 1. The van der Waals surface area contributed by atoms with Crippen molar-refractivity contribution in [1.29, 1.82) is 0 Å². The van der Waals surface area contributed by atoms with E-state index in [-0.39, 0.29) is 5.82 Å². The molecule has 1 aliphatic heterocycles. The van der Waals surface area contributed by atoms with Gasteiger partial charge in [-0.05, 0) is 37.1 Å². The number of nitrogens with zero attached hydrogens (tertiary/aromatic N) is 1. The van der Waals surface area contributed by atoms with Crippen LogP contribution in [-0.2, 0) is 6.42 Å². The highest BCUT2D eigenvalue weighted by Gasteiger charge is 2.17. The van der Waals surface area contributed by atoms with Crippen molar-refractivity contribution < 1.29 is 4.39 Å². The average Bonchev–Trinajstić information content (AvgIpc) is 2.46. The molecule has 0 saturated carbocycles. The van der Waals surface area contributed by atoms with Crippen molar-refractivity contribution in [3.05, 3.63) is 29.6 Å². The molecular weight excluding hydrogens is 153 g/mol. The minimum Gasteiger partial charge on any atom is -0.371 e. The summed E-state index contributed by atoms with van der Waals surface area (Å²) >= 11 is 0. The fraction of sp³-hybridized carbons (Fsp3) is 0.400. The van der Waals surface area contributed by atoms with Crippen LogP contribution in [0.1, 0.15) is 12.5 Å². The normalized spacial score (nSPS) is 15.0. The van der Waals surface area contributed by atoms with E-state index in [9.17, 15) is 4.39 Å². The van der Waals surface area contributed by atoms with Gasteiger partial charge in [0.05, 0.1) is 0 Å². The van der Waals surface area contributed by atoms with Crippen LogP contribution in [0.5, 0.6) is 0 Å². The van der Waals surface area contributed by atoms with Crippen LogP contribution < -0.4 is 4.90 Å². The van der Waals surface area contributed by atoms with Crippen molar-refractivity contribution in [2.24, 2.45) is 0 Å². The lowest BCUT2D eigenvalue weighted by Crippen LogP contribution is -2.18. The molecule has 0 spiro atoms. The first-order chi connectivity index (χ1) is 5.81. The van der Waals surface area contributed by atoms with Crippen LogP contribution >= 0.6 is 0 Å². The second-order valence-corrected chi connectivity index (χ2v) is 3.10. The summed E-state index contributed by atoms with van der Waals surface area (Å²) < 4.78 is 12.8. The number of anilines is 1. The average molecular weight is 165 g/mol. The summed E-state index contributed by atoms with van der Waals surface area (Å²) in [7, 11) is 0. The van der Waals surface area contributed by atoms with Crippen molar-refractivity contribution in [3.63, 3.8) is 0 Å². The highest BCUT2D eigenvalue weighted by Crippen LogP contribution is 2.27. The molecule has 0 saturated heterocycles. The fourth-order valence-corrected chi connectivity index (χ4v) is 1.77. The molecule has 1 aliphatic rings. The van der Waals surface area contributed by atoms with Crippen LogP contribution in [0.25, 0.3) is 0 Å². The second-order valence-electron chi connectivity index (χ2n) is 3.10. The molecule has 2 heteroatoms. The largest absolute Gasteiger partial charge is 0.371 e. The fourth-order valence-electron chi connectivity index (χ4n) is 1.77. The van der Waals surface area contributed by atoms with Crippen LogP contribution in [0.4, 0.5) is 10.1 Å². The van der Waals surface area contributed by atoms with E-state index in [0.29, 0.717) is 0 Å². The second kappa shape index (κ2) is 2.77. The summed E-state index contributed by atoms with van der Waals surface area (Å²) in [5.41, 5.74) is 2.36. The number of halogens is 1. The highest BCUT2D eigenvalue weighted by atomic mass is 19.1. The first kappa shape index (κ1) is 7.59. The minimum absolute atomic E-state index is 0.119. The molecule has 1 nitrogen and oxygen atoms in total. The zero-order valence-electron chi connectivity index (χ0n) is 7.18. The van der Waals surface area contributed by atoms with Gasteiger partial charge in [0.15, 0.2) is 0 Å². The molecule has 0 aliphatic carbocycles. The van der Waals surface area contributed by atoms with Gasteiger partial charge in [-0.2, -0.15) is 0 Å². The van der Waals surface area contributed by atoms with Crippen molar-refractivity contribution >= 4 is 5.69 Å². The molecule has 64 valence electrons. The molecule has 2 rings (SSSR count). The lowest BCUT2D eigenvalue weighted by molar-refractivity contribution is 0.626. The Balaban J connectivity index is 2.40. The summed E-state index contributed by atoms with van der Waals surface area (Å²) in [6, 6.07) is 5.05. The third kappa shape index (κ3) is 1.07. The van der Waals surface area contributed by atoms with E-state index in [1.807, 2.05) is 6.07 Å². The summed E-state index contributed by atoms with van der Waals surface area (Å²) in [4.78, 5) is 2.27. The molecular formula is C10H12FN. The number of rotatable bonds is 1. The van der Waals surface area contributed by atoms with Crippen LogP contribution in [-0.4, -0.2) is 13.1 Å². The predicted octanol–water partition coefficient (Wildman–Crippen LogP) is 2.21. The molecule has 0 N–H and O–H groups in total. The van der Waals surface area contributed by atoms with Gasteiger partial charge in [0.2, 0.25) is 0 Å². The molecule has 1 heterocycles. The van der Waals surface area contributed by atoms with Gasteiger partial charge in [-0.1, -0.05) is 0 Å². The van der Waals surface area contributed by atoms with E-state index in [1.165, 1.54) is 11.8 Å². The maximum atomic E-state index is 12.8. The Labute approximate surface area is 71.8 Å². The van der Waals surface area contributed by atoms with Gasteiger partial charge >= 0.3 is 0 Å². The molecule has 1 aromatic rings. The number of benzene rings is 1. The Kier molecular flexibility index (Phi) is 1.75. The Morgan fingerprint density at radius 3 is 3.08 bits per heavy atom. The van der Waals surface area contributed by atoms with Gasteiger partial charge < -0.3 is 4.90 Å². The van der Waals surface area contributed by atoms with E-state index in [0.717, 1.165) is 25.1 Å². The van der Waals surface area contributed by atoms with E-state index >= 15 is 0 Å². The lowest BCUT2D eigenvalue weighted by Gasteiger charge is -2.15. The van der Waals surface area contributed by atoms with Crippen molar-refractivity contribution in [1.82, 2.24) is 0 Å². The third-order valence-electron chi connectivity index (χ3n) is 2.42. The standard InChI is InChI=1S/C10H12FN/c1-2-12-6-5-8-7-9(11)3-4-10(8)12/h3-4,7H,2,5-6H2,1H3. The van der Waals surface area contributed by atoms with Gasteiger partial charge in [-0.25, -0.2) is 4.39 Å². The van der Waals surface area contributed by atoms with E-state index in [1.54, 1.807) is 6.07 Å². The molecule has 0 atom stereocenters. The Hall–Kier alpha value is -1.05. The molecule has 0 bridgehead atoms. The van der Waals surface area contributed by atoms with Crippen molar-refractivity contribution in [2.75, 3.05) is 18.0 Å². The van der Waals surface area contributed by atoms with Crippen LogP contribution in [0.2, 0.25) is 0 Å². The third-order valence-corrected chi connectivity index (χ3v) is 2.42. The summed E-state index contributed by atoms with van der Waals surface area (Å²) in [6.07, 6.45) is 0.987. The topological polar surface area (TPSA) is 3.24 Å².